The molecule has 3 aromatic rings. The molecule has 13 nitrogen and oxygen atoms in total. The number of likely N-dealkylation sites (tertiary alicyclic amines) is 1. The lowest BCUT2D eigenvalue weighted by atomic mass is 9.96. The zero-order valence-corrected chi connectivity index (χ0v) is 23.6. The van der Waals surface area contributed by atoms with Gasteiger partial charge in [-0.2, -0.15) is 16.6 Å². The summed E-state index contributed by atoms with van der Waals surface area (Å²) < 4.78 is 0. The van der Waals surface area contributed by atoms with Gasteiger partial charge in [0.1, 0.15) is 6.04 Å². The number of β-amino-alcohol motifs (C(OH)–C–C–N with tert-alkyl or cyclic N) is 1. The molecule has 2 amide bonds. The van der Waals surface area contributed by atoms with Gasteiger partial charge in [-0.05, 0) is 42.2 Å². The monoisotopic (exact) mass is 612 g/mol. The summed E-state index contributed by atoms with van der Waals surface area (Å²) in [7, 11) is 0. The van der Waals surface area contributed by atoms with Crippen LogP contribution >= 0.6 is 23.2 Å². The Morgan fingerprint density at radius 3 is 2.76 bits per heavy atom. The number of guanidine groups is 1. The molecule has 0 unspecified atom stereocenters. The molecule has 3 heterocycles. The Balaban J connectivity index is 1.31. The Kier molecular flexibility index (Phi) is 8.49. The van der Waals surface area contributed by atoms with Gasteiger partial charge in [-0.3, -0.25) is 14.7 Å². The fourth-order valence-corrected chi connectivity index (χ4v) is 5.83. The van der Waals surface area contributed by atoms with Crippen molar-refractivity contribution in [3.05, 3.63) is 74.3 Å². The molecule has 2 aliphatic rings. The fourth-order valence-electron chi connectivity index (χ4n) is 5.07. The van der Waals surface area contributed by atoms with Gasteiger partial charge in [0.2, 0.25) is 0 Å². The highest BCUT2D eigenvalue weighted by Crippen LogP contribution is 2.35. The van der Waals surface area contributed by atoms with E-state index in [2.05, 4.69) is 30.9 Å². The van der Waals surface area contributed by atoms with E-state index in [4.69, 9.17) is 29.8 Å². The molecular weight excluding hydrogens is 587 g/mol. The summed E-state index contributed by atoms with van der Waals surface area (Å²) in [5, 5.41) is 29.8. The van der Waals surface area contributed by atoms with Crippen molar-refractivity contribution in [2.75, 3.05) is 26.2 Å². The van der Waals surface area contributed by atoms with Gasteiger partial charge in [0.25, 0.3) is 17.8 Å². The number of halogens is 2. The van der Waals surface area contributed by atoms with Crippen molar-refractivity contribution in [3.8, 4) is 0 Å². The van der Waals surface area contributed by atoms with Crippen LogP contribution in [0.4, 0.5) is 0 Å². The molecule has 42 heavy (non-hydrogen) atoms. The first-order chi connectivity index (χ1) is 20.2. The number of carbonyl (C=O) groups is 3. The second-order valence-corrected chi connectivity index (χ2v) is 10.8. The van der Waals surface area contributed by atoms with Gasteiger partial charge in [0, 0.05) is 37.1 Å². The van der Waals surface area contributed by atoms with E-state index < -0.39 is 24.0 Å². The number of hydrogen-bond donors (Lipinski definition) is 5. The number of carboxylic acids is 1. The van der Waals surface area contributed by atoms with Crippen molar-refractivity contribution in [1.29, 1.82) is 0 Å². The summed E-state index contributed by atoms with van der Waals surface area (Å²) in [5.74, 6) is -2.21. The molecule has 2 atom stereocenters. The maximum Gasteiger partial charge on any atom is 0.328 e. The third kappa shape index (κ3) is 5.96. The lowest BCUT2D eigenvalue weighted by Gasteiger charge is -2.30. The molecule has 0 saturated carbocycles. The number of carbonyl (C=O) groups excluding carboxylic acids is 2. The minimum absolute atomic E-state index is 0.0125. The fraction of sp³-hybridized carbons (Fsp3) is 0.333. The van der Waals surface area contributed by atoms with E-state index in [1.165, 1.54) is 0 Å². The molecule has 15 heteroatoms. The minimum atomic E-state index is -1.45. The second kappa shape index (κ2) is 12.2. The van der Waals surface area contributed by atoms with Crippen LogP contribution in [-0.2, 0) is 17.8 Å². The maximum atomic E-state index is 13.2. The van der Waals surface area contributed by atoms with Crippen LogP contribution in [0.3, 0.4) is 0 Å². The molecular formula is C27H26Cl2N8O5. The van der Waals surface area contributed by atoms with E-state index in [-0.39, 0.29) is 47.1 Å². The number of aromatic nitrogens is 2. The first kappa shape index (κ1) is 29.1. The molecule has 1 fully saturated rings. The first-order valence-electron chi connectivity index (χ1n) is 13.0. The number of aliphatic hydroxyl groups excluding tert-OH is 1. The van der Waals surface area contributed by atoms with Gasteiger partial charge in [-0.15, -0.1) is 0 Å². The van der Waals surface area contributed by atoms with Gasteiger partial charge >= 0.3 is 5.97 Å². The molecule has 218 valence electrons. The van der Waals surface area contributed by atoms with E-state index in [1.54, 1.807) is 34.2 Å². The topological polar surface area (TPSA) is 168 Å². The van der Waals surface area contributed by atoms with Gasteiger partial charge in [0.15, 0.2) is 0 Å². The Hall–Kier alpha value is -4.38. The molecule has 0 spiro atoms. The Morgan fingerprint density at radius 1 is 1.24 bits per heavy atom. The van der Waals surface area contributed by atoms with Gasteiger partial charge in [0.05, 0.1) is 40.0 Å². The first-order valence-corrected chi connectivity index (χ1v) is 13.8. The van der Waals surface area contributed by atoms with Crippen molar-refractivity contribution in [2.24, 2.45) is 4.99 Å². The normalized spacial score (nSPS) is 17.5. The van der Waals surface area contributed by atoms with E-state index in [1.807, 2.05) is 6.07 Å². The van der Waals surface area contributed by atoms with Gasteiger partial charge < -0.3 is 25.3 Å². The van der Waals surface area contributed by atoms with Crippen molar-refractivity contribution in [2.45, 2.75) is 31.5 Å². The lowest BCUT2D eigenvalue weighted by molar-refractivity contribution is -0.138. The van der Waals surface area contributed by atoms with Crippen LogP contribution in [0.25, 0.3) is 15.9 Å². The summed E-state index contributed by atoms with van der Waals surface area (Å²) in [6.07, 6.45) is 1.95. The number of aromatic amines is 1. The minimum Gasteiger partial charge on any atom is -0.480 e. The Bertz CT molecular complexity index is 1630. The summed E-state index contributed by atoms with van der Waals surface area (Å²) >= 11 is 13.1. The van der Waals surface area contributed by atoms with Crippen LogP contribution in [0.5, 0.6) is 0 Å². The number of amides is 2. The number of hydrogen-bond acceptors (Lipinski definition) is 6. The number of rotatable bonds is 6. The molecule has 1 aromatic heterocycles. The average molecular weight is 613 g/mol. The van der Waals surface area contributed by atoms with Crippen LogP contribution in [0.2, 0.25) is 10.0 Å². The van der Waals surface area contributed by atoms with E-state index >= 15 is 0 Å². The number of carboxylic acid groups (broad SMARTS) is 1. The number of aliphatic carboxylic acids is 1. The number of benzene rings is 2. The third-order valence-corrected chi connectivity index (χ3v) is 7.97. The highest BCUT2D eigenvalue weighted by Gasteiger charge is 2.30. The predicted octanol–water partition coefficient (Wildman–Crippen LogP) is 2.10. The van der Waals surface area contributed by atoms with Crippen molar-refractivity contribution in [1.82, 2.24) is 30.7 Å². The number of nitrogens with zero attached hydrogens (tertiary/aromatic N) is 5. The molecule has 5 N–H and O–H groups in total. The second-order valence-electron chi connectivity index (χ2n) is 9.97. The van der Waals surface area contributed by atoms with Crippen LogP contribution in [0.15, 0.2) is 35.5 Å². The number of nitrogens with one attached hydrogen (secondary N) is 3. The zero-order chi connectivity index (χ0) is 30.0. The predicted molar refractivity (Wildman–Crippen MR) is 154 cm³/mol. The number of fused-ring (bicyclic) bond motifs is 2. The largest absolute Gasteiger partial charge is 0.480 e. The summed E-state index contributed by atoms with van der Waals surface area (Å²) in [5.41, 5.74) is 4.90. The van der Waals surface area contributed by atoms with Crippen LogP contribution in [-0.4, -0.2) is 92.3 Å². The zero-order valence-electron chi connectivity index (χ0n) is 22.1. The van der Waals surface area contributed by atoms with E-state index in [9.17, 15) is 24.6 Å². The van der Waals surface area contributed by atoms with Crippen LogP contribution < -0.4 is 10.7 Å². The lowest BCUT2D eigenvalue weighted by Crippen LogP contribution is -2.45. The van der Waals surface area contributed by atoms with Crippen molar-refractivity contribution >= 4 is 57.8 Å². The van der Waals surface area contributed by atoms with Gasteiger partial charge in [-0.25, -0.2) is 9.79 Å². The summed E-state index contributed by atoms with van der Waals surface area (Å²) in [6.45, 7) is 7.95. The SMILES string of the molecule is [C-]#[N+]NC(=NC[C@H](NC(=O)c1c(Cl)cc2c(c1Cl)CCN(C(=O)c1ccc3cn[nH]c3c1)C2)C(=O)O)N1CC[C@@H](O)C1. The molecule has 0 bridgehead atoms. The number of aliphatic hydroxyl groups is 1. The third-order valence-electron chi connectivity index (χ3n) is 7.25. The van der Waals surface area contributed by atoms with Crippen molar-refractivity contribution in [3.63, 3.8) is 0 Å². The maximum absolute atomic E-state index is 13.2. The van der Waals surface area contributed by atoms with Gasteiger partial charge in [-0.1, -0.05) is 34.7 Å². The van der Waals surface area contributed by atoms with Crippen LogP contribution in [0, 0.1) is 6.57 Å². The quantitative estimate of drug-likeness (QED) is 0.122. The molecule has 5 rings (SSSR count). The van der Waals surface area contributed by atoms with Crippen molar-refractivity contribution < 1.29 is 24.6 Å². The Labute approximate surface area is 249 Å². The van der Waals surface area contributed by atoms with E-state index in [0.29, 0.717) is 42.6 Å². The molecule has 2 aromatic carbocycles. The molecule has 0 radical (unpaired) electrons. The molecule has 1 saturated heterocycles. The standard InChI is InChI=1S/C27H26Cl2N8O5/c1-30-35-27(37-6-4-17(38)13-37)31-11-21(26(41)42)33-24(39)22-19(28)8-16-12-36(7-5-18(16)23(22)29)25(40)14-2-3-15-10-32-34-20(15)9-14/h2-3,8-10,17,21,38H,4-7,11-13H2,(H,31,35)(H,32,34)(H,33,39)(H,41,42)/t17-,21+/m1/s1. The smallest absolute Gasteiger partial charge is 0.328 e. The highest BCUT2D eigenvalue weighted by molar-refractivity contribution is 6.40. The van der Waals surface area contributed by atoms with Crippen LogP contribution in [0.1, 0.15) is 38.3 Å². The summed E-state index contributed by atoms with van der Waals surface area (Å²) in [4.78, 5) is 49.0. The number of aliphatic imine (C=N–C) groups is 1. The Morgan fingerprint density at radius 2 is 2.05 bits per heavy atom. The molecule has 2 aliphatic heterocycles. The molecule has 0 aliphatic carbocycles. The van der Waals surface area contributed by atoms with E-state index in [0.717, 1.165) is 10.9 Å². The average Bonchev–Trinajstić information content (AvgIpc) is 3.62. The number of H-pyrrole nitrogens is 1. The highest BCUT2D eigenvalue weighted by atomic mass is 35.5. The summed E-state index contributed by atoms with van der Waals surface area (Å²) in [6, 6.07) is 5.42.